The first-order chi connectivity index (χ1) is 22.3. The van der Waals surface area contributed by atoms with Gasteiger partial charge in [-0.2, -0.15) is 26.3 Å². The van der Waals surface area contributed by atoms with Gasteiger partial charge in [-0.3, -0.25) is 0 Å². The molecular weight excluding hydrogens is 761 g/mol. The summed E-state index contributed by atoms with van der Waals surface area (Å²) in [4.78, 5) is 17.6. The van der Waals surface area contributed by atoms with Crippen molar-refractivity contribution >= 4 is 49.0 Å². The number of carbonyl (C=O) groups excluding carboxylic acids is 2. The van der Waals surface area contributed by atoms with E-state index < -0.39 is 40.1 Å². The van der Waals surface area contributed by atoms with Crippen molar-refractivity contribution in [3.05, 3.63) is 133 Å². The van der Waals surface area contributed by atoms with Gasteiger partial charge in [0.05, 0.1) is 0 Å². The minimum atomic E-state index is -5.19. The van der Waals surface area contributed by atoms with Crippen molar-refractivity contribution in [2.24, 2.45) is 11.8 Å². The fraction of sp³-hybridized carbons (Fsp3) is 0.200. The molecular formula is C35H28F6O4P2Ru. The minimum absolute atomic E-state index is 0. The largest absolute Gasteiger partial charge is 2.00 e. The molecule has 0 N–H and O–H groups in total. The average Bonchev–Trinajstić information content (AvgIpc) is 3.66. The minimum Gasteiger partial charge on any atom is -0.542 e. The summed E-state index contributed by atoms with van der Waals surface area (Å²) < 4.78 is 63.1. The number of carboxylic acid groups (broad SMARTS) is 2. The Bertz CT molecular complexity index is 1430. The normalized spacial score (nSPS) is 19.4. The van der Waals surface area contributed by atoms with Crippen LogP contribution in [-0.4, -0.2) is 35.6 Å². The average molecular weight is 790 g/mol. The number of carbonyl (C=O) groups is 2. The van der Waals surface area contributed by atoms with Crippen LogP contribution in [0.15, 0.2) is 133 Å². The number of hydrogen-bond acceptors (Lipinski definition) is 4. The SMILES string of the molecule is C1=C[C@H]2C[C@H]1C(P(c1ccccc1)c1ccccc1)C2P(c1ccccc1)c1ccccc1.O=C([O-])C(F)(F)F.O=C([O-])C(F)(F)F.[Ru+2]. The number of allylic oxidation sites excluding steroid dienone is 2. The van der Waals surface area contributed by atoms with Gasteiger partial charge >= 0.3 is 31.8 Å². The molecule has 1 fully saturated rings. The monoisotopic (exact) mass is 790 g/mol. The molecule has 0 amide bonds. The van der Waals surface area contributed by atoms with Crippen LogP contribution in [0.4, 0.5) is 26.3 Å². The summed E-state index contributed by atoms with van der Waals surface area (Å²) in [5.41, 5.74) is 1.32. The first-order valence-electron chi connectivity index (χ1n) is 14.3. The fourth-order valence-corrected chi connectivity index (χ4v) is 12.8. The fourth-order valence-electron chi connectivity index (χ4n) is 5.80. The maximum atomic E-state index is 10.5. The Morgan fingerprint density at radius 3 is 0.896 bits per heavy atom. The van der Waals surface area contributed by atoms with Crippen LogP contribution >= 0.6 is 15.8 Å². The number of halogens is 6. The standard InChI is InChI=1S/C31H28P2.2C2HF3O2.Ru/c1-5-13-26(14-6-1)32(27-15-7-2-8-16-27)30-24-21-22-25(23-24)31(30)33(28-17-9-3-10-18-28)29-19-11-4-12-20-29;2*3-2(4,5)1(6)7;/h1-22,24-25,30-31H,23H2;2*(H,6,7);/q;;;+2/p-2/t24-,25-,30?,31?;;;/m0.../s1. The summed E-state index contributed by atoms with van der Waals surface area (Å²) in [5, 5.41) is 23.6. The number of aliphatic carboxylic acids is 2. The molecule has 0 radical (unpaired) electrons. The van der Waals surface area contributed by atoms with Crippen molar-refractivity contribution in [1.29, 1.82) is 0 Å². The molecule has 0 spiro atoms. The second kappa shape index (κ2) is 17.3. The van der Waals surface area contributed by atoms with Gasteiger partial charge in [-0.15, -0.1) is 0 Å². The van der Waals surface area contributed by atoms with Crippen molar-refractivity contribution in [3.63, 3.8) is 0 Å². The molecule has 2 aliphatic carbocycles. The summed E-state index contributed by atoms with van der Waals surface area (Å²) in [5.74, 6) is -4.67. The van der Waals surface area contributed by atoms with Crippen LogP contribution in [0.3, 0.4) is 0 Å². The van der Waals surface area contributed by atoms with Crippen LogP contribution < -0.4 is 31.4 Å². The zero-order valence-electron chi connectivity index (χ0n) is 24.9. The Morgan fingerprint density at radius 1 is 0.500 bits per heavy atom. The summed E-state index contributed by atoms with van der Waals surface area (Å²) in [7, 11) is -0.909. The number of carboxylic acids is 2. The third-order valence-electron chi connectivity index (χ3n) is 7.57. The Hall–Kier alpha value is -3.38. The van der Waals surface area contributed by atoms with Gasteiger partial charge in [-0.25, -0.2) is 0 Å². The van der Waals surface area contributed by atoms with Crippen LogP contribution in [0, 0.1) is 11.8 Å². The van der Waals surface area contributed by atoms with Crippen molar-refractivity contribution < 1.29 is 65.6 Å². The predicted molar refractivity (Wildman–Crippen MR) is 169 cm³/mol. The smallest absolute Gasteiger partial charge is 0.542 e. The summed E-state index contributed by atoms with van der Waals surface area (Å²) in [6.45, 7) is 0. The molecule has 2 aliphatic rings. The Balaban J connectivity index is 0.000000353. The molecule has 0 heterocycles. The van der Waals surface area contributed by atoms with Gasteiger partial charge in [0.15, 0.2) is 0 Å². The van der Waals surface area contributed by atoms with Crippen molar-refractivity contribution in [3.8, 4) is 0 Å². The molecule has 13 heteroatoms. The maximum absolute atomic E-state index is 10.5. The molecule has 2 unspecified atom stereocenters. The molecule has 1 saturated carbocycles. The quantitative estimate of drug-likeness (QED) is 0.122. The van der Waals surface area contributed by atoms with Crippen molar-refractivity contribution in [2.45, 2.75) is 30.1 Å². The number of alkyl halides is 6. The van der Waals surface area contributed by atoms with E-state index in [0.717, 1.165) is 0 Å². The van der Waals surface area contributed by atoms with E-state index in [9.17, 15) is 26.3 Å². The topological polar surface area (TPSA) is 80.3 Å². The van der Waals surface area contributed by atoms with Crippen LogP contribution in [-0.2, 0) is 29.1 Å². The molecule has 2 bridgehead atoms. The van der Waals surface area contributed by atoms with E-state index in [1.807, 2.05) is 0 Å². The zero-order valence-corrected chi connectivity index (χ0v) is 28.4. The second-order valence-corrected chi connectivity index (χ2v) is 15.3. The molecule has 0 aromatic heterocycles. The molecule has 252 valence electrons. The molecule has 4 atom stereocenters. The third-order valence-corrected chi connectivity index (χ3v) is 13.8. The maximum Gasteiger partial charge on any atom is 2.00 e. The summed E-state index contributed by atoms with van der Waals surface area (Å²) in [6, 6.07) is 45.4. The molecule has 0 aliphatic heterocycles. The molecule has 6 rings (SSSR count). The summed E-state index contributed by atoms with van der Waals surface area (Å²) in [6.07, 6.45) is -3.97. The van der Waals surface area contributed by atoms with Gasteiger partial charge in [0.25, 0.3) is 0 Å². The van der Waals surface area contributed by atoms with Gasteiger partial charge < -0.3 is 19.8 Å². The van der Waals surface area contributed by atoms with Gasteiger partial charge in [-0.1, -0.05) is 133 Å². The van der Waals surface area contributed by atoms with Gasteiger partial charge in [0, 0.05) is 11.3 Å². The number of hydrogen-bond donors (Lipinski definition) is 0. The van der Waals surface area contributed by atoms with E-state index in [-0.39, 0.29) is 19.5 Å². The Kier molecular flexibility index (Phi) is 14.1. The number of benzene rings is 4. The Morgan fingerprint density at radius 2 is 0.708 bits per heavy atom. The van der Waals surface area contributed by atoms with E-state index in [1.54, 1.807) is 0 Å². The Labute approximate surface area is 289 Å². The van der Waals surface area contributed by atoms with E-state index >= 15 is 0 Å². The zero-order chi connectivity index (χ0) is 34.2. The molecule has 4 aromatic carbocycles. The van der Waals surface area contributed by atoms with E-state index in [0.29, 0.717) is 23.2 Å². The van der Waals surface area contributed by atoms with Crippen LogP contribution in [0.25, 0.3) is 0 Å². The van der Waals surface area contributed by atoms with E-state index in [2.05, 4.69) is 133 Å². The molecule has 48 heavy (non-hydrogen) atoms. The van der Waals surface area contributed by atoms with Crippen LogP contribution in [0.2, 0.25) is 0 Å². The predicted octanol–water partition coefficient (Wildman–Crippen LogP) is 4.79. The number of rotatable bonds is 6. The van der Waals surface area contributed by atoms with Gasteiger partial charge in [0.2, 0.25) is 0 Å². The van der Waals surface area contributed by atoms with E-state index in [1.165, 1.54) is 27.6 Å². The van der Waals surface area contributed by atoms with E-state index in [4.69, 9.17) is 19.8 Å². The molecule has 0 saturated heterocycles. The second-order valence-electron chi connectivity index (χ2n) is 10.6. The van der Waals surface area contributed by atoms with Crippen molar-refractivity contribution in [1.82, 2.24) is 0 Å². The molecule has 4 aromatic rings. The van der Waals surface area contributed by atoms with Crippen LogP contribution in [0.5, 0.6) is 0 Å². The van der Waals surface area contributed by atoms with Crippen LogP contribution in [0.1, 0.15) is 6.42 Å². The third kappa shape index (κ3) is 10.1. The molecule has 4 nitrogen and oxygen atoms in total. The summed E-state index contributed by atoms with van der Waals surface area (Å²) >= 11 is 0. The van der Waals surface area contributed by atoms with Crippen molar-refractivity contribution in [2.75, 3.05) is 0 Å². The van der Waals surface area contributed by atoms with Gasteiger partial charge in [-0.05, 0) is 55.3 Å². The van der Waals surface area contributed by atoms with Gasteiger partial charge in [0.1, 0.15) is 11.9 Å². The first kappa shape index (κ1) is 39.1. The first-order valence-corrected chi connectivity index (χ1v) is 17.1. The number of fused-ring (bicyclic) bond motifs is 2.